The highest BCUT2D eigenvalue weighted by Crippen LogP contribution is 2.33. The van der Waals surface area contributed by atoms with Crippen molar-refractivity contribution in [3.05, 3.63) is 35.6 Å². The van der Waals surface area contributed by atoms with Crippen LogP contribution in [0.25, 0.3) is 0 Å². The molecule has 1 aliphatic rings. The molecule has 1 heterocycles. The second-order valence-corrected chi connectivity index (χ2v) is 3.84. The zero-order valence-corrected chi connectivity index (χ0v) is 7.72. The molecule has 0 radical (unpaired) electrons. The van der Waals surface area contributed by atoms with Crippen LogP contribution in [-0.4, -0.2) is 13.2 Å². The van der Waals surface area contributed by atoms with Crippen LogP contribution in [0.15, 0.2) is 24.3 Å². The Labute approximate surface area is 77.5 Å². The highest BCUT2D eigenvalue weighted by Gasteiger charge is 2.33. The Morgan fingerprint density at radius 3 is 2.77 bits per heavy atom. The predicted octanol–water partition coefficient (Wildman–Crippen LogP) is 2.50. The van der Waals surface area contributed by atoms with Crippen molar-refractivity contribution in [2.45, 2.75) is 18.8 Å². The van der Waals surface area contributed by atoms with Gasteiger partial charge in [0.1, 0.15) is 5.82 Å². The summed E-state index contributed by atoms with van der Waals surface area (Å²) in [6.45, 7) is 3.43. The van der Waals surface area contributed by atoms with E-state index in [4.69, 9.17) is 4.74 Å². The SMILES string of the molecule is C[C@@]1(c2ccccc2F)CCOC1. The fourth-order valence-corrected chi connectivity index (χ4v) is 1.83. The standard InChI is InChI=1S/C11H13FO/c1-11(6-7-13-8-11)9-4-2-3-5-10(9)12/h2-5H,6-8H2,1H3/t11-/m1/s1. The maximum Gasteiger partial charge on any atom is 0.127 e. The van der Waals surface area contributed by atoms with E-state index in [1.165, 1.54) is 6.07 Å². The van der Waals surface area contributed by atoms with Gasteiger partial charge in [-0.05, 0) is 18.1 Å². The highest BCUT2D eigenvalue weighted by atomic mass is 19.1. The zero-order chi connectivity index (χ0) is 9.31. The summed E-state index contributed by atoms with van der Waals surface area (Å²) in [6, 6.07) is 6.96. The Morgan fingerprint density at radius 1 is 1.38 bits per heavy atom. The van der Waals surface area contributed by atoms with Crippen LogP contribution in [0, 0.1) is 5.82 Å². The van der Waals surface area contributed by atoms with Crippen LogP contribution in [0.2, 0.25) is 0 Å². The fourth-order valence-electron chi connectivity index (χ4n) is 1.83. The van der Waals surface area contributed by atoms with Gasteiger partial charge in [0.25, 0.3) is 0 Å². The van der Waals surface area contributed by atoms with Crippen LogP contribution in [0.3, 0.4) is 0 Å². The average Bonchev–Trinajstić information content (AvgIpc) is 2.54. The maximum atomic E-state index is 13.4. The molecule has 2 rings (SSSR count). The molecule has 0 N–H and O–H groups in total. The molecule has 1 aliphatic heterocycles. The van der Waals surface area contributed by atoms with Gasteiger partial charge in [-0.3, -0.25) is 0 Å². The average molecular weight is 180 g/mol. The van der Waals surface area contributed by atoms with E-state index in [9.17, 15) is 4.39 Å². The van der Waals surface area contributed by atoms with Gasteiger partial charge in [-0.2, -0.15) is 0 Å². The van der Waals surface area contributed by atoms with Gasteiger partial charge in [0.15, 0.2) is 0 Å². The molecule has 1 saturated heterocycles. The zero-order valence-electron chi connectivity index (χ0n) is 7.72. The fraction of sp³-hybridized carbons (Fsp3) is 0.455. The lowest BCUT2D eigenvalue weighted by atomic mass is 9.82. The van der Waals surface area contributed by atoms with E-state index >= 15 is 0 Å². The van der Waals surface area contributed by atoms with Crippen molar-refractivity contribution >= 4 is 0 Å². The van der Waals surface area contributed by atoms with Gasteiger partial charge in [0, 0.05) is 12.0 Å². The van der Waals surface area contributed by atoms with Crippen molar-refractivity contribution in [1.29, 1.82) is 0 Å². The summed E-state index contributed by atoms with van der Waals surface area (Å²) in [5, 5.41) is 0. The Balaban J connectivity index is 2.39. The number of ether oxygens (including phenoxy) is 1. The van der Waals surface area contributed by atoms with Gasteiger partial charge in [-0.25, -0.2) is 4.39 Å². The number of rotatable bonds is 1. The normalized spacial score (nSPS) is 27.8. The number of halogens is 1. The van der Waals surface area contributed by atoms with Crippen molar-refractivity contribution < 1.29 is 9.13 Å². The number of hydrogen-bond acceptors (Lipinski definition) is 1. The van der Waals surface area contributed by atoms with Crippen LogP contribution < -0.4 is 0 Å². The molecule has 1 nitrogen and oxygen atoms in total. The van der Waals surface area contributed by atoms with E-state index in [1.54, 1.807) is 6.07 Å². The van der Waals surface area contributed by atoms with E-state index < -0.39 is 0 Å². The molecule has 0 aromatic heterocycles. The molecule has 0 spiro atoms. The Bertz CT molecular complexity index is 303. The second kappa shape index (κ2) is 3.11. The minimum atomic E-state index is -0.120. The minimum absolute atomic E-state index is 0.115. The Hall–Kier alpha value is -0.890. The quantitative estimate of drug-likeness (QED) is 0.645. The van der Waals surface area contributed by atoms with Crippen molar-refractivity contribution in [3.63, 3.8) is 0 Å². The van der Waals surface area contributed by atoms with Gasteiger partial charge >= 0.3 is 0 Å². The number of hydrogen-bond donors (Lipinski definition) is 0. The minimum Gasteiger partial charge on any atom is -0.380 e. The molecule has 1 aromatic carbocycles. The van der Waals surface area contributed by atoms with Crippen molar-refractivity contribution in [2.24, 2.45) is 0 Å². The molecule has 70 valence electrons. The summed E-state index contributed by atoms with van der Waals surface area (Å²) in [7, 11) is 0. The van der Waals surface area contributed by atoms with E-state index in [0.717, 1.165) is 18.6 Å². The number of benzene rings is 1. The molecule has 0 bridgehead atoms. The van der Waals surface area contributed by atoms with Crippen LogP contribution >= 0.6 is 0 Å². The summed E-state index contributed by atoms with van der Waals surface area (Å²) >= 11 is 0. The molecule has 0 aliphatic carbocycles. The van der Waals surface area contributed by atoms with Crippen LogP contribution in [0.1, 0.15) is 18.9 Å². The molecular weight excluding hydrogens is 167 g/mol. The van der Waals surface area contributed by atoms with Gasteiger partial charge in [-0.1, -0.05) is 25.1 Å². The van der Waals surface area contributed by atoms with Gasteiger partial charge in [0.05, 0.1) is 6.61 Å². The first-order chi connectivity index (χ1) is 6.22. The molecule has 2 heteroatoms. The van der Waals surface area contributed by atoms with E-state index in [-0.39, 0.29) is 11.2 Å². The molecule has 0 unspecified atom stereocenters. The van der Waals surface area contributed by atoms with Gasteiger partial charge in [-0.15, -0.1) is 0 Å². The maximum absolute atomic E-state index is 13.4. The first kappa shape index (κ1) is 8.70. The molecule has 13 heavy (non-hydrogen) atoms. The summed E-state index contributed by atoms with van der Waals surface area (Å²) < 4.78 is 18.7. The predicted molar refractivity (Wildman–Crippen MR) is 49.2 cm³/mol. The molecule has 0 saturated carbocycles. The second-order valence-electron chi connectivity index (χ2n) is 3.84. The summed E-state index contributed by atoms with van der Waals surface area (Å²) in [5.41, 5.74) is 0.665. The highest BCUT2D eigenvalue weighted by molar-refractivity contribution is 5.27. The largest absolute Gasteiger partial charge is 0.380 e. The smallest absolute Gasteiger partial charge is 0.127 e. The van der Waals surface area contributed by atoms with Crippen LogP contribution in [-0.2, 0) is 10.2 Å². The summed E-state index contributed by atoms with van der Waals surface area (Å²) in [6.07, 6.45) is 0.911. The topological polar surface area (TPSA) is 9.23 Å². The van der Waals surface area contributed by atoms with E-state index in [1.807, 2.05) is 12.1 Å². The molecule has 1 aromatic rings. The van der Waals surface area contributed by atoms with Gasteiger partial charge in [0.2, 0.25) is 0 Å². The molecule has 0 amide bonds. The van der Waals surface area contributed by atoms with Crippen molar-refractivity contribution in [1.82, 2.24) is 0 Å². The summed E-state index contributed by atoms with van der Waals surface area (Å²) in [5.74, 6) is -0.115. The first-order valence-electron chi connectivity index (χ1n) is 4.55. The van der Waals surface area contributed by atoms with Crippen LogP contribution in [0.4, 0.5) is 4.39 Å². The third kappa shape index (κ3) is 1.46. The lowest BCUT2D eigenvalue weighted by molar-refractivity contribution is 0.180. The Morgan fingerprint density at radius 2 is 2.15 bits per heavy atom. The van der Waals surface area contributed by atoms with Crippen molar-refractivity contribution in [2.75, 3.05) is 13.2 Å². The molecular formula is C11H13FO. The lowest BCUT2D eigenvalue weighted by Crippen LogP contribution is -2.23. The van der Waals surface area contributed by atoms with Gasteiger partial charge < -0.3 is 4.74 Å². The van der Waals surface area contributed by atoms with Crippen LogP contribution in [0.5, 0.6) is 0 Å². The molecule has 1 atom stereocenters. The Kier molecular flexibility index (Phi) is 2.08. The van der Waals surface area contributed by atoms with E-state index in [0.29, 0.717) is 6.61 Å². The third-order valence-electron chi connectivity index (χ3n) is 2.74. The van der Waals surface area contributed by atoms with Crippen molar-refractivity contribution in [3.8, 4) is 0 Å². The monoisotopic (exact) mass is 180 g/mol. The van der Waals surface area contributed by atoms with E-state index in [2.05, 4.69) is 6.92 Å². The lowest BCUT2D eigenvalue weighted by Gasteiger charge is -2.22. The molecule has 1 fully saturated rings. The summed E-state index contributed by atoms with van der Waals surface area (Å²) in [4.78, 5) is 0. The third-order valence-corrected chi connectivity index (χ3v) is 2.74. The first-order valence-corrected chi connectivity index (χ1v) is 4.55.